The van der Waals surface area contributed by atoms with Gasteiger partial charge in [-0.1, -0.05) is 6.92 Å². The predicted molar refractivity (Wildman–Crippen MR) is 27.5 cm³/mol. The van der Waals surface area contributed by atoms with Crippen molar-refractivity contribution in [2.75, 3.05) is 5.75 Å². The molecule has 0 aromatic carbocycles. The molecule has 0 saturated heterocycles. The van der Waals surface area contributed by atoms with Crippen LogP contribution >= 0.6 is 0 Å². The Kier molecular flexibility index (Phi) is 3.37. The average molecular weight is 107 g/mol. The van der Waals surface area contributed by atoms with Crippen LogP contribution in [0.4, 0.5) is 0 Å². The normalized spacial score (nSPS) is 14.3. The maximum absolute atomic E-state index is 9.93. The topological polar surface area (TPSA) is 43.1 Å². The van der Waals surface area contributed by atoms with Crippen LogP contribution in [0.1, 0.15) is 13.3 Å². The van der Waals surface area contributed by atoms with Crippen molar-refractivity contribution in [3.63, 3.8) is 0 Å². The van der Waals surface area contributed by atoms with E-state index in [1.165, 1.54) is 0 Å². The van der Waals surface area contributed by atoms with E-state index in [4.69, 9.17) is 5.14 Å². The lowest BCUT2D eigenvalue weighted by Gasteiger charge is -1.82. The molecule has 2 nitrogen and oxygen atoms in total. The van der Waals surface area contributed by atoms with Gasteiger partial charge in [-0.15, -0.1) is 0 Å². The van der Waals surface area contributed by atoms with Crippen molar-refractivity contribution in [3.8, 4) is 0 Å². The summed E-state index contributed by atoms with van der Waals surface area (Å²) in [5.41, 5.74) is 0. The number of hydrogen-bond donors (Lipinski definition) is 1. The molecule has 0 aliphatic carbocycles. The summed E-state index contributed by atoms with van der Waals surface area (Å²) in [6.45, 7) is 1.95. The van der Waals surface area contributed by atoms with Gasteiger partial charge in [0.1, 0.15) is 0 Å². The minimum absolute atomic E-state index is 0.625. The minimum Gasteiger partial charge on any atom is -0.252 e. The molecule has 0 aromatic heterocycles. The molecule has 0 amide bonds. The second-order valence-corrected chi connectivity index (χ2v) is 2.25. The fraction of sp³-hybridized carbons (Fsp3) is 1.00. The molecule has 0 radical (unpaired) electrons. The van der Waals surface area contributed by atoms with Crippen LogP contribution in [0, 0.1) is 0 Å². The van der Waals surface area contributed by atoms with Gasteiger partial charge in [-0.3, -0.25) is 5.14 Å². The molecular weight excluding hydrogens is 98.1 g/mol. The van der Waals surface area contributed by atoms with Crippen LogP contribution in [0.2, 0.25) is 0 Å². The average Bonchev–Trinajstić information content (AvgIpc) is 1.35. The standard InChI is InChI=1S/C3H9NOS/c1-2-3-6(4)5/h2-4H2,1H3. The highest BCUT2D eigenvalue weighted by Gasteiger charge is 1.81. The van der Waals surface area contributed by atoms with Crippen LogP contribution < -0.4 is 5.14 Å². The lowest BCUT2D eigenvalue weighted by atomic mass is 10.6. The van der Waals surface area contributed by atoms with Crippen LogP contribution in [-0.2, 0) is 11.0 Å². The largest absolute Gasteiger partial charge is 0.252 e. The van der Waals surface area contributed by atoms with Crippen molar-refractivity contribution in [2.24, 2.45) is 5.14 Å². The zero-order chi connectivity index (χ0) is 4.99. The van der Waals surface area contributed by atoms with Crippen LogP contribution in [0.15, 0.2) is 0 Å². The van der Waals surface area contributed by atoms with E-state index in [1.807, 2.05) is 6.92 Å². The zero-order valence-electron chi connectivity index (χ0n) is 3.81. The molecule has 3 heteroatoms. The van der Waals surface area contributed by atoms with Gasteiger partial charge >= 0.3 is 0 Å². The van der Waals surface area contributed by atoms with Gasteiger partial charge in [0.2, 0.25) is 0 Å². The number of rotatable bonds is 2. The van der Waals surface area contributed by atoms with Gasteiger partial charge < -0.3 is 0 Å². The third-order valence-corrected chi connectivity index (χ3v) is 1.22. The maximum atomic E-state index is 9.93. The van der Waals surface area contributed by atoms with Gasteiger partial charge in [0.15, 0.2) is 0 Å². The van der Waals surface area contributed by atoms with Crippen LogP contribution in [0.25, 0.3) is 0 Å². The third-order valence-electron chi connectivity index (χ3n) is 0.405. The van der Waals surface area contributed by atoms with E-state index < -0.39 is 11.0 Å². The molecule has 0 rings (SSSR count). The summed E-state index contributed by atoms with van der Waals surface area (Å²) in [5, 5.41) is 4.88. The van der Waals surface area contributed by atoms with E-state index in [1.54, 1.807) is 0 Å². The lowest BCUT2D eigenvalue weighted by molar-refractivity contribution is 0.683. The van der Waals surface area contributed by atoms with E-state index in [9.17, 15) is 4.21 Å². The Bertz CT molecular complexity index is 54.8. The fourth-order valence-electron chi connectivity index (χ4n) is 0.201. The molecule has 0 aliphatic rings. The summed E-state index contributed by atoms with van der Waals surface area (Å²) in [5.74, 6) is 0.625. The second kappa shape index (κ2) is 3.31. The highest BCUT2D eigenvalue weighted by molar-refractivity contribution is 7.82. The van der Waals surface area contributed by atoms with Gasteiger partial charge in [-0.2, -0.15) is 0 Å². The molecule has 6 heavy (non-hydrogen) atoms. The molecule has 1 atom stereocenters. The molecule has 0 aromatic rings. The Morgan fingerprint density at radius 1 is 1.83 bits per heavy atom. The van der Waals surface area contributed by atoms with E-state index in [0.717, 1.165) is 6.42 Å². The van der Waals surface area contributed by atoms with Crippen molar-refractivity contribution in [3.05, 3.63) is 0 Å². The zero-order valence-corrected chi connectivity index (χ0v) is 4.62. The van der Waals surface area contributed by atoms with Gasteiger partial charge in [-0.05, 0) is 6.42 Å². The van der Waals surface area contributed by atoms with E-state index in [-0.39, 0.29) is 0 Å². The Morgan fingerprint density at radius 3 is 2.33 bits per heavy atom. The Hall–Kier alpha value is 0.110. The van der Waals surface area contributed by atoms with Crippen molar-refractivity contribution in [1.29, 1.82) is 0 Å². The van der Waals surface area contributed by atoms with Crippen molar-refractivity contribution in [1.82, 2.24) is 0 Å². The molecule has 0 fully saturated rings. The minimum atomic E-state index is -1.07. The summed E-state index contributed by atoms with van der Waals surface area (Å²) in [4.78, 5) is 0. The molecule has 0 saturated carbocycles. The monoisotopic (exact) mass is 107 g/mol. The second-order valence-electron chi connectivity index (χ2n) is 1.08. The summed E-state index contributed by atoms with van der Waals surface area (Å²) in [6, 6.07) is 0. The SMILES string of the molecule is CCCS(N)=O. The predicted octanol–water partition coefficient (Wildman–Crippen LogP) is 0.0188. The first-order chi connectivity index (χ1) is 2.77. The van der Waals surface area contributed by atoms with Crippen molar-refractivity contribution >= 4 is 11.0 Å². The Labute approximate surface area is 40.3 Å². The van der Waals surface area contributed by atoms with Crippen molar-refractivity contribution in [2.45, 2.75) is 13.3 Å². The lowest BCUT2D eigenvalue weighted by Crippen LogP contribution is -2.05. The van der Waals surface area contributed by atoms with Gasteiger partial charge in [0, 0.05) is 5.75 Å². The molecule has 0 spiro atoms. The van der Waals surface area contributed by atoms with E-state index in [2.05, 4.69) is 0 Å². The third kappa shape index (κ3) is 4.11. The summed E-state index contributed by atoms with van der Waals surface area (Å²) < 4.78 is 9.93. The first kappa shape index (κ1) is 6.11. The smallest absolute Gasteiger partial charge is 0.0887 e. The van der Waals surface area contributed by atoms with Crippen LogP contribution in [-0.4, -0.2) is 9.96 Å². The molecule has 0 aliphatic heterocycles. The maximum Gasteiger partial charge on any atom is 0.0887 e. The van der Waals surface area contributed by atoms with Crippen LogP contribution in [0.5, 0.6) is 0 Å². The number of nitrogens with two attached hydrogens (primary N) is 1. The first-order valence-electron chi connectivity index (χ1n) is 1.90. The van der Waals surface area contributed by atoms with Crippen molar-refractivity contribution < 1.29 is 4.21 Å². The summed E-state index contributed by atoms with van der Waals surface area (Å²) >= 11 is 0. The van der Waals surface area contributed by atoms with Crippen LogP contribution in [0.3, 0.4) is 0 Å². The number of hydrogen-bond acceptors (Lipinski definition) is 1. The van der Waals surface area contributed by atoms with E-state index >= 15 is 0 Å². The quantitative estimate of drug-likeness (QED) is 0.531. The molecule has 2 N–H and O–H groups in total. The Morgan fingerprint density at radius 2 is 2.33 bits per heavy atom. The molecule has 1 unspecified atom stereocenters. The fourth-order valence-corrected chi connectivity index (χ4v) is 0.604. The Balaban J connectivity index is 2.83. The highest BCUT2D eigenvalue weighted by Crippen LogP contribution is 1.73. The molecule has 38 valence electrons. The first-order valence-corrected chi connectivity index (χ1v) is 3.28. The highest BCUT2D eigenvalue weighted by atomic mass is 32.2. The summed E-state index contributed by atoms with van der Waals surface area (Å²) in [7, 11) is -1.07. The van der Waals surface area contributed by atoms with Gasteiger partial charge in [-0.25, -0.2) is 4.21 Å². The molecule has 0 heterocycles. The molecule has 0 bridgehead atoms. The van der Waals surface area contributed by atoms with Gasteiger partial charge in [0.05, 0.1) is 11.0 Å². The van der Waals surface area contributed by atoms with E-state index in [0.29, 0.717) is 5.75 Å². The molecular formula is C3H9NOS. The summed E-state index contributed by atoms with van der Waals surface area (Å²) in [6.07, 6.45) is 0.906. The van der Waals surface area contributed by atoms with Gasteiger partial charge in [0.25, 0.3) is 0 Å².